The Morgan fingerprint density at radius 1 is 1.18 bits per heavy atom. The number of hydrogen-bond donors (Lipinski definition) is 1. The van der Waals surface area contributed by atoms with E-state index in [9.17, 15) is 9.18 Å². The van der Waals surface area contributed by atoms with E-state index in [0.29, 0.717) is 24.3 Å². The van der Waals surface area contributed by atoms with Gasteiger partial charge in [-0.15, -0.1) is 11.8 Å². The van der Waals surface area contributed by atoms with Crippen molar-refractivity contribution in [3.63, 3.8) is 0 Å². The van der Waals surface area contributed by atoms with E-state index in [1.807, 2.05) is 19.1 Å². The van der Waals surface area contributed by atoms with Gasteiger partial charge in [0.05, 0.1) is 5.75 Å². The molecule has 2 aromatic rings. The number of halogens is 1. The van der Waals surface area contributed by atoms with E-state index in [-0.39, 0.29) is 11.7 Å². The SMILES string of the molecule is Cc1ccc(SCC(=O)NCCc2ccccc2F)c(C)c1. The Kier molecular flexibility index (Phi) is 6.01. The summed E-state index contributed by atoms with van der Waals surface area (Å²) in [5.41, 5.74) is 3.03. The van der Waals surface area contributed by atoms with Crippen LogP contribution in [0.5, 0.6) is 0 Å². The van der Waals surface area contributed by atoms with Crippen LogP contribution in [0.4, 0.5) is 4.39 Å². The largest absolute Gasteiger partial charge is 0.355 e. The Morgan fingerprint density at radius 2 is 1.95 bits per heavy atom. The molecule has 0 spiro atoms. The lowest BCUT2D eigenvalue weighted by Crippen LogP contribution is -2.27. The van der Waals surface area contributed by atoms with Gasteiger partial charge in [0.25, 0.3) is 0 Å². The van der Waals surface area contributed by atoms with Crippen molar-refractivity contribution >= 4 is 17.7 Å². The molecule has 0 unspecified atom stereocenters. The van der Waals surface area contributed by atoms with Crippen LogP contribution in [0.25, 0.3) is 0 Å². The highest BCUT2D eigenvalue weighted by atomic mass is 32.2. The van der Waals surface area contributed by atoms with Crippen LogP contribution in [0.1, 0.15) is 16.7 Å². The van der Waals surface area contributed by atoms with E-state index in [4.69, 9.17) is 0 Å². The molecular formula is C18H20FNOS. The molecule has 0 atom stereocenters. The van der Waals surface area contributed by atoms with Crippen molar-refractivity contribution in [2.45, 2.75) is 25.2 Å². The molecule has 2 aromatic carbocycles. The second-order valence-electron chi connectivity index (χ2n) is 5.25. The number of hydrogen-bond acceptors (Lipinski definition) is 2. The molecule has 0 heterocycles. The Balaban J connectivity index is 1.75. The molecule has 0 aliphatic rings. The Labute approximate surface area is 135 Å². The molecule has 1 amide bonds. The van der Waals surface area contributed by atoms with E-state index in [1.54, 1.807) is 18.2 Å². The van der Waals surface area contributed by atoms with Gasteiger partial charge in [0.15, 0.2) is 0 Å². The van der Waals surface area contributed by atoms with E-state index >= 15 is 0 Å². The van der Waals surface area contributed by atoms with Crippen molar-refractivity contribution in [1.29, 1.82) is 0 Å². The van der Waals surface area contributed by atoms with Gasteiger partial charge in [0, 0.05) is 11.4 Å². The van der Waals surface area contributed by atoms with Crippen LogP contribution in [0.3, 0.4) is 0 Å². The molecule has 0 saturated heterocycles. The normalized spacial score (nSPS) is 10.5. The third-order valence-electron chi connectivity index (χ3n) is 3.36. The van der Waals surface area contributed by atoms with Crippen LogP contribution >= 0.6 is 11.8 Å². The van der Waals surface area contributed by atoms with Crippen LogP contribution in [0.15, 0.2) is 47.4 Å². The maximum Gasteiger partial charge on any atom is 0.230 e. The van der Waals surface area contributed by atoms with Gasteiger partial charge < -0.3 is 5.32 Å². The summed E-state index contributed by atoms with van der Waals surface area (Å²) in [5, 5.41) is 2.83. The monoisotopic (exact) mass is 317 g/mol. The van der Waals surface area contributed by atoms with Crippen LogP contribution in [0.2, 0.25) is 0 Å². The number of carbonyl (C=O) groups excluding carboxylic acids is 1. The molecule has 0 aromatic heterocycles. The maximum absolute atomic E-state index is 13.4. The second-order valence-corrected chi connectivity index (χ2v) is 6.27. The Morgan fingerprint density at radius 3 is 2.68 bits per heavy atom. The number of rotatable bonds is 6. The smallest absolute Gasteiger partial charge is 0.230 e. The van der Waals surface area contributed by atoms with Crippen LogP contribution < -0.4 is 5.32 Å². The van der Waals surface area contributed by atoms with Crippen molar-refractivity contribution in [1.82, 2.24) is 5.32 Å². The van der Waals surface area contributed by atoms with Gasteiger partial charge in [-0.3, -0.25) is 4.79 Å². The zero-order valence-corrected chi connectivity index (χ0v) is 13.7. The van der Waals surface area contributed by atoms with Gasteiger partial charge in [-0.1, -0.05) is 35.9 Å². The van der Waals surface area contributed by atoms with Crippen molar-refractivity contribution in [3.8, 4) is 0 Å². The topological polar surface area (TPSA) is 29.1 Å². The molecule has 1 N–H and O–H groups in total. The lowest BCUT2D eigenvalue weighted by molar-refractivity contribution is -0.118. The minimum absolute atomic E-state index is 0.0266. The first-order valence-corrected chi connectivity index (χ1v) is 8.25. The minimum atomic E-state index is -0.221. The summed E-state index contributed by atoms with van der Waals surface area (Å²) < 4.78 is 13.4. The highest BCUT2D eigenvalue weighted by molar-refractivity contribution is 8.00. The van der Waals surface area contributed by atoms with Gasteiger partial charge >= 0.3 is 0 Å². The first-order chi connectivity index (χ1) is 10.6. The number of thioether (sulfide) groups is 1. The molecule has 0 saturated carbocycles. The highest BCUT2D eigenvalue weighted by Crippen LogP contribution is 2.22. The predicted octanol–water partition coefficient (Wildman–Crippen LogP) is 3.89. The van der Waals surface area contributed by atoms with Crippen LogP contribution in [-0.4, -0.2) is 18.2 Å². The van der Waals surface area contributed by atoms with E-state index in [0.717, 1.165) is 4.90 Å². The highest BCUT2D eigenvalue weighted by Gasteiger charge is 2.06. The molecule has 2 nitrogen and oxygen atoms in total. The maximum atomic E-state index is 13.4. The van der Waals surface area contributed by atoms with Gasteiger partial charge in [-0.2, -0.15) is 0 Å². The number of carbonyl (C=O) groups is 1. The summed E-state index contributed by atoms with van der Waals surface area (Å²) in [6.45, 7) is 4.55. The van der Waals surface area contributed by atoms with E-state index in [2.05, 4.69) is 18.3 Å². The third kappa shape index (κ3) is 4.88. The molecule has 0 radical (unpaired) electrons. The molecule has 0 fully saturated rings. The lowest BCUT2D eigenvalue weighted by atomic mass is 10.1. The summed E-state index contributed by atoms with van der Waals surface area (Å²) in [6.07, 6.45) is 0.507. The summed E-state index contributed by atoms with van der Waals surface area (Å²) >= 11 is 1.53. The molecule has 0 bridgehead atoms. The van der Waals surface area contributed by atoms with E-state index < -0.39 is 0 Å². The summed E-state index contributed by atoms with van der Waals surface area (Å²) in [5.74, 6) is 0.129. The number of aryl methyl sites for hydroxylation is 2. The molecule has 0 aliphatic carbocycles. The molecule has 22 heavy (non-hydrogen) atoms. The molecular weight excluding hydrogens is 297 g/mol. The van der Waals surface area contributed by atoms with Crippen LogP contribution in [-0.2, 0) is 11.2 Å². The van der Waals surface area contributed by atoms with Gasteiger partial charge in [0.1, 0.15) is 5.82 Å². The fourth-order valence-corrected chi connectivity index (χ4v) is 3.03. The zero-order chi connectivity index (χ0) is 15.9. The zero-order valence-electron chi connectivity index (χ0n) is 12.9. The molecule has 4 heteroatoms. The first kappa shape index (κ1) is 16.6. The van der Waals surface area contributed by atoms with Crippen molar-refractivity contribution in [3.05, 3.63) is 65.0 Å². The number of benzene rings is 2. The third-order valence-corrected chi connectivity index (χ3v) is 4.54. The summed E-state index contributed by atoms with van der Waals surface area (Å²) in [6, 6.07) is 12.8. The first-order valence-electron chi connectivity index (χ1n) is 7.26. The summed E-state index contributed by atoms with van der Waals surface area (Å²) in [7, 11) is 0. The molecule has 116 valence electrons. The minimum Gasteiger partial charge on any atom is -0.355 e. The number of amides is 1. The average Bonchev–Trinajstić information content (AvgIpc) is 2.48. The Bertz CT molecular complexity index is 657. The van der Waals surface area contributed by atoms with Gasteiger partial charge in [-0.25, -0.2) is 4.39 Å². The van der Waals surface area contributed by atoms with Crippen molar-refractivity contribution in [2.24, 2.45) is 0 Å². The van der Waals surface area contributed by atoms with E-state index in [1.165, 1.54) is 29.0 Å². The summed E-state index contributed by atoms with van der Waals surface area (Å²) in [4.78, 5) is 13.0. The second kappa shape index (κ2) is 7.99. The number of nitrogens with one attached hydrogen (secondary N) is 1. The van der Waals surface area contributed by atoms with Gasteiger partial charge in [0.2, 0.25) is 5.91 Å². The molecule has 2 rings (SSSR count). The van der Waals surface area contributed by atoms with Gasteiger partial charge in [-0.05, 0) is 43.5 Å². The Hall–Kier alpha value is -1.81. The van der Waals surface area contributed by atoms with Crippen LogP contribution in [0, 0.1) is 19.7 Å². The standard InChI is InChI=1S/C18H20FNOS/c1-13-7-8-17(14(2)11-13)22-12-18(21)20-10-9-15-5-3-4-6-16(15)19/h3-8,11H,9-10,12H2,1-2H3,(H,20,21). The lowest BCUT2D eigenvalue weighted by Gasteiger charge is -2.08. The quantitative estimate of drug-likeness (QED) is 0.819. The fourth-order valence-electron chi connectivity index (χ4n) is 2.19. The predicted molar refractivity (Wildman–Crippen MR) is 89.8 cm³/mol. The fraction of sp³-hybridized carbons (Fsp3) is 0.278. The van der Waals surface area contributed by atoms with Crippen molar-refractivity contribution < 1.29 is 9.18 Å². The molecule has 0 aliphatic heterocycles. The van der Waals surface area contributed by atoms with Crippen molar-refractivity contribution in [2.75, 3.05) is 12.3 Å². The average molecular weight is 317 g/mol.